The Labute approximate surface area is 262 Å². The number of fused-ring (bicyclic) bond motifs is 3. The number of rotatable bonds is 5. The first-order valence-corrected chi connectivity index (χ1v) is 15.2. The molecule has 0 saturated carbocycles. The molecule has 0 saturated heterocycles. The minimum atomic E-state index is 0.918. The third-order valence-corrected chi connectivity index (χ3v) is 8.34. The summed E-state index contributed by atoms with van der Waals surface area (Å²) in [5.41, 5.74) is 13.5. The predicted molar refractivity (Wildman–Crippen MR) is 187 cm³/mol. The number of benzene rings is 5. The zero-order valence-corrected chi connectivity index (χ0v) is 24.9. The van der Waals surface area contributed by atoms with Gasteiger partial charge in [0.15, 0.2) is 0 Å². The highest BCUT2D eigenvalue weighted by molar-refractivity contribution is 6.09. The van der Waals surface area contributed by atoms with Crippen molar-refractivity contribution in [2.75, 3.05) is 0 Å². The molecule has 0 N–H and O–H groups in total. The van der Waals surface area contributed by atoms with Crippen molar-refractivity contribution in [1.29, 1.82) is 0 Å². The molecule has 3 heteroatoms. The lowest BCUT2D eigenvalue weighted by Gasteiger charge is -2.14. The number of hydrogen-bond donors (Lipinski definition) is 0. The second kappa shape index (κ2) is 11.3. The molecule has 0 fully saturated rings. The lowest BCUT2D eigenvalue weighted by molar-refractivity contribution is 1.25. The SMILES string of the molecule is Cc1ccc2ccc3c(-c4ccc(-c5cc(-c6ccccc6)cc(-c6ccccc6)n5)cc4)cc(-c4ccccc4)nc3c2n1. The average Bonchev–Trinajstić information content (AvgIpc) is 3.12. The van der Waals surface area contributed by atoms with Crippen LogP contribution < -0.4 is 0 Å². The van der Waals surface area contributed by atoms with E-state index in [2.05, 4.69) is 146 Å². The number of pyridine rings is 3. The molecule has 3 heterocycles. The van der Waals surface area contributed by atoms with Crippen LogP contribution in [0.4, 0.5) is 0 Å². The van der Waals surface area contributed by atoms with Crippen LogP contribution in [0.3, 0.4) is 0 Å². The Morgan fingerprint density at radius 3 is 1.49 bits per heavy atom. The molecule has 0 bridgehead atoms. The summed E-state index contributed by atoms with van der Waals surface area (Å²) in [4.78, 5) is 15.2. The Bertz CT molecular complexity index is 2240. The average molecular weight is 576 g/mol. The first-order valence-electron chi connectivity index (χ1n) is 15.2. The number of aryl methyl sites for hydroxylation is 1. The largest absolute Gasteiger partial charge is 0.251 e. The van der Waals surface area contributed by atoms with Gasteiger partial charge in [0.05, 0.1) is 28.1 Å². The summed E-state index contributed by atoms with van der Waals surface area (Å²) in [7, 11) is 0. The Kier molecular flexibility index (Phi) is 6.69. The van der Waals surface area contributed by atoms with E-state index >= 15 is 0 Å². The second-order valence-electron chi connectivity index (χ2n) is 11.3. The summed E-state index contributed by atoms with van der Waals surface area (Å²) >= 11 is 0. The van der Waals surface area contributed by atoms with E-state index in [1.807, 2.05) is 19.1 Å². The molecule has 0 aliphatic carbocycles. The molecule has 0 radical (unpaired) electrons. The molecule has 3 nitrogen and oxygen atoms in total. The molecule has 0 atom stereocenters. The second-order valence-corrected chi connectivity index (χ2v) is 11.3. The van der Waals surface area contributed by atoms with E-state index in [0.717, 1.165) is 78.0 Å². The molecule has 3 aromatic heterocycles. The van der Waals surface area contributed by atoms with E-state index in [4.69, 9.17) is 15.0 Å². The summed E-state index contributed by atoms with van der Waals surface area (Å²) in [6, 6.07) is 55.1. The molecule has 8 aromatic rings. The number of hydrogen-bond acceptors (Lipinski definition) is 3. The molecular formula is C42H29N3. The summed E-state index contributed by atoms with van der Waals surface area (Å²) in [6.45, 7) is 2.03. The monoisotopic (exact) mass is 575 g/mol. The molecule has 0 unspecified atom stereocenters. The van der Waals surface area contributed by atoms with Gasteiger partial charge in [-0.3, -0.25) is 4.98 Å². The van der Waals surface area contributed by atoms with Crippen LogP contribution in [0.2, 0.25) is 0 Å². The van der Waals surface area contributed by atoms with E-state index in [-0.39, 0.29) is 0 Å². The summed E-state index contributed by atoms with van der Waals surface area (Å²) in [5.74, 6) is 0. The first-order chi connectivity index (χ1) is 22.2. The Morgan fingerprint density at radius 2 is 0.867 bits per heavy atom. The van der Waals surface area contributed by atoms with Crippen LogP contribution in [0.5, 0.6) is 0 Å². The van der Waals surface area contributed by atoms with Crippen LogP contribution in [-0.4, -0.2) is 15.0 Å². The molecule has 8 rings (SSSR count). The molecular weight excluding hydrogens is 546 g/mol. The summed E-state index contributed by atoms with van der Waals surface area (Å²) in [5, 5.41) is 2.18. The zero-order valence-electron chi connectivity index (χ0n) is 24.9. The van der Waals surface area contributed by atoms with Crippen LogP contribution in [0, 0.1) is 6.92 Å². The van der Waals surface area contributed by atoms with Crippen molar-refractivity contribution in [3.05, 3.63) is 163 Å². The Hall–Kier alpha value is -5.93. The third-order valence-electron chi connectivity index (χ3n) is 8.34. The van der Waals surface area contributed by atoms with Gasteiger partial charge in [-0.2, -0.15) is 0 Å². The third kappa shape index (κ3) is 5.15. The van der Waals surface area contributed by atoms with Crippen molar-refractivity contribution >= 4 is 21.8 Å². The standard InChI is InChI=1S/C42H29N3/c1-28-17-18-34-23-24-36-37(27-40(32-15-9-4-10-16-32)45-42(36)41(34)43-28)30-19-21-33(22-20-30)39-26-35(29-11-5-2-6-12-29)25-38(44-39)31-13-7-3-8-14-31/h2-27H,1H3. The predicted octanol–water partition coefficient (Wildman–Crippen LogP) is 10.8. The maximum Gasteiger partial charge on any atom is 0.0978 e. The lowest BCUT2D eigenvalue weighted by Crippen LogP contribution is -1.94. The quantitative estimate of drug-likeness (QED) is 0.192. The van der Waals surface area contributed by atoms with E-state index < -0.39 is 0 Å². The Morgan fingerprint density at radius 1 is 0.356 bits per heavy atom. The van der Waals surface area contributed by atoms with Gasteiger partial charge >= 0.3 is 0 Å². The molecule has 0 spiro atoms. The van der Waals surface area contributed by atoms with Crippen molar-refractivity contribution in [2.45, 2.75) is 6.92 Å². The van der Waals surface area contributed by atoms with Crippen LogP contribution in [-0.2, 0) is 0 Å². The molecule has 45 heavy (non-hydrogen) atoms. The fraction of sp³-hybridized carbons (Fsp3) is 0.0238. The maximum absolute atomic E-state index is 5.17. The van der Waals surface area contributed by atoms with Gasteiger partial charge in [0.25, 0.3) is 0 Å². The van der Waals surface area contributed by atoms with Crippen molar-refractivity contribution in [3.8, 4) is 56.0 Å². The van der Waals surface area contributed by atoms with E-state index in [1.165, 1.54) is 5.56 Å². The minimum absolute atomic E-state index is 0.918. The lowest BCUT2D eigenvalue weighted by atomic mass is 9.95. The van der Waals surface area contributed by atoms with Gasteiger partial charge in [0, 0.05) is 33.2 Å². The highest BCUT2D eigenvalue weighted by Crippen LogP contribution is 2.37. The first kappa shape index (κ1) is 26.7. The molecule has 0 amide bonds. The van der Waals surface area contributed by atoms with Gasteiger partial charge in [0.1, 0.15) is 0 Å². The normalized spacial score (nSPS) is 11.2. The number of nitrogens with zero attached hydrogens (tertiary/aromatic N) is 3. The highest BCUT2D eigenvalue weighted by Gasteiger charge is 2.14. The smallest absolute Gasteiger partial charge is 0.0978 e. The van der Waals surface area contributed by atoms with Gasteiger partial charge in [0.2, 0.25) is 0 Å². The maximum atomic E-state index is 5.17. The fourth-order valence-electron chi connectivity index (χ4n) is 6.02. The molecule has 212 valence electrons. The zero-order chi connectivity index (χ0) is 30.2. The summed E-state index contributed by atoms with van der Waals surface area (Å²) in [6.07, 6.45) is 0. The van der Waals surface area contributed by atoms with Crippen LogP contribution in [0.15, 0.2) is 158 Å². The van der Waals surface area contributed by atoms with Crippen LogP contribution >= 0.6 is 0 Å². The minimum Gasteiger partial charge on any atom is -0.251 e. The Balaban J connectivity index is 1.28. The molecule has 5 aromatic carbocycles. The van der Waals surface area contributed by atoms with Crippen molar-refractivity contribution < 1.29 is 0 Å². The van der Waals surface area contributed by atoms with Gasteiger partial charge in [-0.25, -0.2) is 9.97 Å². The van der Waals surface area contributed by atoms with Gasteiger partial charge in [-0.15, -0.1) is 0 Å². The van der Waals surface area contributed by atoms with Gasteiger partial charge in [-0.05, 0) is 53.4 Å². The van der Waals surface area contributed by atoms with Crippen molar-refractivity contribution in [3.63, 3.8) is 0 Å². The highest BCUT2D eigenvalue weighted by atomic mass is 14.8. The number of aromatic nitrogens is 3. The summed E-state index contributed by atoms with van der Waals surface area (Å²) < 4.78 is 0. The van der Waals surface area contributed by atoms with E-state index in [0.29, 0.717) is 0 Å². The van der Waals surface area contributed by atoms with E-state index in [9.17, 15) is 0 Å². The molecule has 0 aliphatic heterocycles. The fourth-order valence-corrected chi connectivity index (χ4v) is 6.02. The van der Waals surface area contributed by atoms with Crippen molar-refractivity contribution in [1.82, 2.24) is 15.0 Å². The van der Waals surface area contributed by atoms with Gasteiger partial charge in [-0.1, -0.05) is 133 Å². The topological polar surface area (TPSA) is 38.7 Å². The molecule has 0 aliphatic rings. The van der Waals surface area contributed by atoms with Gasteiger partial charge < -0.3 is 0 Å². The van der Waals surface area contributed by atoms with Crippen LogP contribution in [0.1, 0.15) is 5.69 Å². The van der Waals surface area contributed by atoms with Crippen LogP contribution in [0.25, 0.3) is 77.8 Å². The van der Waals surface area contributed by atoms with E-state index in [1.54, 1.807) is 0 Å². The van der Waals surface area contributed by atoms with Crippen molar-refractivity contribution in [2.24, 2.45) is 0 Å².